The van der Waals surface area contributed by atoms with E-state index in [1.165, 1.54) is 16.7 Å². The fourth-order valence-corrected chi connectivity index (χ4v) is 5.52. The van der Waals surface area contributed by atoms with Crippen LogP contribution in [-0.4, -0.2) is 9.55 Å². The topological polar surface area (TPSA) is 31.0 Å². The molecule has 7 rings (SSSR count). The molecule has 3 nitrogen and oxygen atoms in total. The van der Waals surface area contributed by atoms with Crippen LogP contribution in [0, 0.1) is 6.85 Å². The Balaban J connectivity index is 1.46. The second-order valence-corrected chi connectivity index (χ2v) is 11.1. The van der Waals surface area contributed by atoms with E-state index in [4.69, 9.17) is 13.5 Å². The Kier molecular flexibility index (Phi) is 4.54. The van der Waals surface area contributed by atoms with Crippen molar-refractivity contribution in [2.75, 3.05) is 0 Å². The third kappa shape index (κ3) is 3.93. The molecule has 0 unspecified atom stereocenters. The highest BCUT2D eigenvalue weighted by molar-refractivity contribution is 6.06. The number of nitrogens with zero attached hydrogens (tertiary/aromatic N) is 2. The Bertz CT molecular complexity index is 2110. The van der Waals surface area contributed by atoms with Gasteiger partial charge in [-0.15, -0.1) is 0 Å². The number of para-hydroxylation sites is 2. The lowest BCUT2D eigenvalue weighted by atomic mass is 9.84. The average Bonchev–Trinajstić information content (AvgIpc) is 3.54. The second-order valence-electron chi connectivity index (χ2n) is 11.1. The highest BCUT2D eigenvalue weighted by Gasteiger charge is 2.24. The monoisotopic (exact) mass is 509 g/mol. The van der Waals surface area contributed by atoms with Crippen LogP contribution in [0.5, 0.6) is 0 Å². The van der Waals surface area contributed by atoms with Gasteiger partial charge in [-0.3, -0.25) is 4.57 Å². The molecular weight excluding hydrogens is 476 g/mol. The van der Waals surface area contributed by atoms with Crippen molar-refractivity contribution in [1.82, 2.24) is 9.55 Å². The van der Waals surface area contributed by atoms with Crippen LogP contribution in [0.15, 0.2) is 114 Å². The highest BCUT2D eigenvalue weighted by atomic mass is 16.3. The number of furan rings is 1. The molecule has 39 heavy (non-hydrogen) atoms. The number of fused-ring (bicyclic) bond motifs is 4. The van der Waals surface area contributed by atoms with Crippen molar-refractivity contribution in [1.29, 1.82) is 0 Å². The summed E-state index contributed by atoms with van der Waals surface area (Å²) in [5, 5.41) is 1.80. The lowest BCUT2D eigenvalue weighted by Gasteiger charge is -2.25. The van der Waals surface area contributed by atoms with Crippen LogP contribution in [0.25, 0.3) is 61.2 Å². The van der Waals surface area contributed by atoms with E-state index in [2.05, 4.69) is 86.0 Å². The van der Waals surface area contributed by atoms with Crippen molar-refractivity contribution >= 4 is 33.0 Å². The van der Waals surface area contributed by atoms with Gasteiger partial charge in [0.1, 0.15) is 17.0 Å². The minimum atomic E-state index is -2.19. The standard InChI is InChI=1S/C36H30N2O/c1-23-14-17-27-28-21-26(16-19-33(28)39-34(27)20-23)35-37-30-12-8-9-13-32(30)38(35)31-18-15-25(22-29(31)36(2,3)4)24-10-6-5-7-11-24/h5-22H,1-4H3/i1D3. The molecule has 3 heteroatoms. The maximum Gasteiger partial charge on any atom is 0.145 e. The number of aromatic nitrogens is 2. The lowest BCUT2D eigenvalue weighted by molar-refractivity contribution is 0.587. The van der Waals surface area contributed by atoms with Crippen molar-refractivity contribution in [3.05, 3.63) is 120 Å². The molecule has 2 heterocycles. The summed E-state index contributed by atoms with van der Waals surface area (Å²) in [6.45, 7) is 4.55. The predicted molar refractivity (Wildman–Crippen MR) is 163 cm³/mol. The molecule has 0 saturated carbocycles. The third-order valence-electron chi connectivity index (χ3n) is 7.44. The van der Waals surface area contributed by atoms with Crippen LogP contribution in [-0.2, 0) is 5.41 Å². The average molecular weight is 510 g/mol. The van der Waals surface area contributed by atoms with Crippen molar-refractivity contribution < 1.29 is 8.53 Å². The Hall–Kier alpha value is -4.63. The Morgan fingerprint density at radius 1 is 0.692 bits per heavy atom. The number of imidazole rings is 1. The lowest BCUT2D eigenvalue weighted by Crippen LogP contribution is -2.16. The molecule has 5 aromatic carbocycles. The van der Waals surface area contributed by atoms with Crippen LogP contribution in [0.3, 0.4) is 0 Å². The molecule has 0 aliphatic rings. The van der Waals surface area contributed by atoms with Gasteiger partial charge in [0.25, 0.3) is 0 Å². The first-order valence-corrected chi connectivity index (χ1v) is 13.2. The first kappa shape index (κ1) is 20.3. The fourth-order valence-electron chi connectivity index (χ4n) is 5.52. The molecule has 0 aliphatic carbocycles. The number of rotatable bonds is 3. The van der Waals surface area contributed by atoms with E-state index in [1.807, 2.05) is 36.4 Å². The smallest absolute Gasteiger partial charge is 0.145 e. The van der Waals surface area contributed by atoms with Crippen molar-refractivity contribution in [3.8, 4) is 28.2 Å². The molecule has 7 aromatic rings. The molecule has 0 radical (unpaired) electrons. The van der Waals surface area contributed by atoms with Crippen molar-refractivity contribution in [2.24, 2.45) is 0 Å². The SMILES string of the molecule is [2H]C([2H])([2H])c1ccc2c(c1)oc1ccc(-c3nc4ccccc4n3-c3ccc(-c4ccccc4)cc3C(C)(C)C)cc12. The maximum absolute atomic E-state index is 7.79. The molecule has 2 aromatic heterocycles. The predicted octanol–water partition coefficient (Wildman–Crippen LogP) is 9.86. The van der Waals surface area contributed by atoms with E-state index in [1.54, 1.807) is 12.1 Å². The molecular formula is C36H30N2O. The minimum absolute atomic E-state index is 0.131. The van der Waals surface area contributed by atoms with E-state index in [9.17, 15) is 0 Å². The van der Waals surface area contributed by atoms with Gasteiger partial charge in [0.05, 0.1) is 16.7 Å². The van der Waals surface area contributed by atoms with E-state index in [-0.39, 0.29) is 11.0 Å². The summed E-state index contributed by atoms with van der Waals surface area (Å²) in [5.41, 5.74) is 8.99. The number of hydrogen-bond acceptors (Lipinski definition) is 2. The molecule has 0 amide bonds. The number of aryl methyl sites for hydroxylation is 1. The van der Waals surface area contributed by atoms with Crippen molar-refractivity contribution in [2.45, 2.75) is 33.0 Å². The summed E-state index contributed by atoms with van der Waals surface area (Å²) in [5.74, 6) is 0.838. The molecule has 0 saturated heterocycles. The molecule has 0 fully saturated rings. The Morgan fingerprint density at radius 3 is 2.31 bits per heavy atom. The van der Waals surface area contributed by atoms with Crippen molar-refractivity contribution in [3.63, 3.8) is 0 Å². The van der Waals surface area contributed by atoms with Crippen LogP contribution in [0.4, 0.5) is 0 Å². The fraction of sp³-hybridized carbons (Fsp3) is 0.139. The minimum Gasteiger partial charge on any atom is -0.456 e. The Morgan fingerprint density at radius 2 is 1.49 bits per heavy atom. The van der Waals surface area contributed by atoms with Gasteiger partial charge in [-0.25, -0.2) is 4.98 Å². The molecule has 190 valence electrons. The van der Waals surface area contributed by atoms with Gasteiger partial charge in [-0.05, 0) is 83.1 Å². The van der Waals surface area contributed by atoms with Crippen LogP contribution < -0.4 is 0 Å². The summed E-state index contributed by atoms with van der Waals surface area (Å²) in [6, 6.07) is 36.6. The first-order chi connectivity index (χ1) is 20.1. The molecule has 0 aliphatic heterocycles. The van der Waals surface area contributed by atoms with E-state index in [0.29, 0.717) is 11.2 Å². The van der Waals surface area contributed by atoms with Gasteiger partial charge in [0.15, 0.2) is 0 Å². The molecule has 0 N–H and O–H groups in total. The number of hydrogen-bond donors (Lipinski definition) is 0. The summed E-state index contributed by atoms with van der Waals surface area (Å²) in [4.78, 5) is 5.14. The summed E-state index contributed by atoms with van der Waals surface area (Å²) < 4.78 is 31.7. The zero-order valence-electron chi connectivity index (χ0n) is 25.2. The van der Waals surface area contributed by atoms with E-state index < -0.39 is 6.85 Å². The summed E-state index contributed by atoms with van der Waals surface area (Å²) in [7, 11) is 0. The largest absolute Gasteiger partial charge is 0.456 e. The summed E-state index contributed by atoms with van der Waals surface area (Å²) >= 11 is 0. The zero-order valence-corrected chi connectivity index (χ0v) is 22.2. The van der Waals surface area contributed by atoms with Gasteiger partial charge in [-0.2, -0.15) is 0 Å². The second kappa shape index (κ2) is 8.71. The quantitative estimate of drug-likeness (QED) is 0.237. The van der Waals surface area contributed by atoms with Gasteiger partial charge in [-0.1, -0.05) is 81.4 Å². The van der Waals surface area contributed by atoms with Gasteiger partial charge in [0.2, 0.25) is 0 Å². The van der Waals surface area contributed by atoms with Gasteiger partial charge >= 0.3 is 0 Å². The highest BCUT2D eigenvalue weighted by Crippen LogP contribution is 2.39. The molecule has 0 spiro atoms. The molecule has 0 bridgehead atoms. The van der Waals surface area contributed by atoms with Crippen LogP contribution >= 0.6 is 0 Å². The van der Waals surface area contributed by atoms with Crippen LogP contribution in [0.2, 0.25) is 0 Å². The maximum atomic E-state index is 7.79. The van der Waals surface area contributed by atoms with Gasteiger partial charge in [0, 0.05) is 20.4 Å². The zero-order chi connectivity index (χ0) is 29.2. The normalized spacial score (nSPS) is 13.6. The summed E-state index contributed by atoms with van der Waals surface area (Å²) in [6.07, 6.45) is 0. The Labute approximate surface area is 232 Å². The first-order valence-electron chi connectivity index (χ1n) is 14.7. The van der Waals surface area contributed by atoms with Crippen LogP contribution in [0.1, 0.15) is 36.0 Å². The van der Waals surface area contributed by atoms with Gasteiger partial charge < -0.3 is 4.42 Å². The third-order valence-corrected chi connectivity index (χ3v) is 7.44. The number of benzene rings is 5. The van der Waals surface area contributed by atoms with E-state index in [0.717, 1.165) is 38.9 Å². The molecule has 0 atom stereocenters. The van der Waals surface area contributed by atoms with E-state index >= 15 is 0 Å².